The molecule has 0 atom stereocenters. The van der Waals surface area contributed by atoms with Crippen molar-refractivity contribution in [3.05, 3.63) is 81.1 Å². The molecule has 0 radical (unpaired) electrons. The molecule has 0 saturated heterocycles. The molecule has 1 aromatic heterocycles. The van der Waals surface area contributed by atoms with Gasteiger partial charge in [-0.05, 0) is 48.0 Å². The molecule has 1 heterocycles. The van der Waals surface area contributed by atoms with E-state index in [1.807, 2.05) is 24.3 Å². The molecule has 0 fully saturated rings. The molecule has 8 heteroatoms. The Labute approximate surface area is 175 Å². The summed E-state index contributed by atoms with van der Waals surface area (Å²) in [6.45, 7) is 0.456. The average Bonchev–Trinajstić information content (AvgIpc) is 2.72. The van der Waals surface area contributed by atoms with Gasteiger partial charge in [0, 0.05) is 17.1 Å². The van der Waals surface area contributed by atoms with E-state index in [9.17, 15) is 9.59 Å². The first-order valence-electron chi connectivity index (χ1n) is 8.44. The maximum absolute atomic E-state index is 12.1. The van der Waals surface area contributed by atoms with Gasteiger partial charge in [-0.3, -0.25) is 9.59 Å². The van der Waals surface area contributed by atoms with Gasteiger partial charge in [0.15, 0.2) is 0 Å². The first-order chi connectivity index (χ1) is 13.5. The van der Waals surface area contributed by atoms with Crippen molar-refractivity contribution in [3.8, 4) is 11.4 Å². The Balaban J connectivity index is 1.61. The molecule has 6 nitrogen and oxygen atoms in total. The fourth-order valence-corrected chi connectivity index (χ4v) is 3.55. The maximum Gasteiger partial charge on any atom is 0.271 e. The van der Waals surface area contributed by atoms with Gasteiger partial charge in [0.25, 0.3) is 5.56 Å². The van der Waals surface area contributed by atoms with Crippen LogP contribution in [0, 0.1) is 0 Å². The molecule has 28 heavy (non-hydrogen) atoms. The molecule has 0 saturated carbocycles. The van der Waals surface area contributed by atoms with Crippen LogP contribution in [0.15, 0.2) is 75.0 Å². The SMILES string of the molecule is COc1ccc(-n2nc(SCC(=O)NCc3cccc(Br)c3)ccc2=O)cc1. The van der Waals surface area contributed by atoms with E-state index in [4.69, 9.17) is 4.74 Å². The van der Waals surface area contributed by atoms with E-state index in [1.165, 1.54) is 22.5 Å². The number of nitrogens with one attached hydrogen (secondary N) is 1. The molecule has 0 aliphatic carbocycles. The fraction of sp³-hybridized carbons (Fsp3) is 0.150. The number of carbonyl (C=O) groups is 1. The quantitative estimate of drug-likeness (QED) is 0.548. The van der Waals surface area contributed by atoms with Gasteiger partial charge >= 0.3 is 0 Å². The molecule has 0 aliphatic heterocycles. The lowest BCUT2D eigenvalue weighted by atomic mass is 10.2. The Bertz CT molecular complexity index is 1020. The first-order valence-corrected chi connectivity index (χ1v) is 10.2. The van der Waals surface area contributed by atoms with Crippen LogP contribution in [0.5, 0.6) is 5.75 Å². The number of rotatable bonds is 7. The van der Waals surface area contributed by atoms with Crippen LogP contribution in [0.4, 0.5) is 0 Å². The first kappa shape index (κ1) is 20.2. The lowest BCUT2D eigenvalue weighted by molar-refractivity contribution is -0.118. The Morgan fingerprint density at radius 1 is 1.18 bits per heavy atom. The summed E-state index contributed by atoms with van der Waals surface area (Å²) in [5.74, 6) is 0.806. The zero-order valence-corrected chi connectivity index (χ0v) is 17.5. The fourth-order valence-electron chi connectivity index (χ4n) is 2.42. The van der Waals surface area contributed by atoms with Crippen molar-refractivity contribution in [2.24, 2.45) is 0 Å². The van der Waals surface area contributed by atoms with Crippen molar-refractivity contribution in [2.75, 3.05) is 12.9 Å². The van der Waals surface area contributed by atoms with Crippen LogP contribution in [0.3, 0.4) is 0 Å². The Kier molecular flexibility index (Phi) is 6.89. The van der Waals surface area contributed by atoms with Gasteiger partial charge in [-0.2, -0.15) is 9.78 Å². The van der Waals surface area contributed by atoms with Gasteiger partial charge in [0.05, 0.1) is 18.6 Å². The Hall–Kier alpha value is -2.58. The normalized spacial score (nSPS) is 10.5. The van der Waals surface area contributed by atoms with E-state index in [2.05, 4.69) is 26.3 Å². The number of ether oxygens (including phenoxy) is 1. The Morgan fingerprint density at radius 3 is 2.68 bits per heavy atom. The zero-order chi connectivity index (χ0) is 19.9. The highest BCUT2D eigenvalue weighted by atomic mass is 79.9. The highest BCUT2D eigenvalue weighted by Crippen LogP contribution is 2.16. The minimum absolute atomic E-state index is 0.103. The molecule has 1 N–H and O–H groups in total. The van der Waals surface area contributed by atoms with Gasteiger partial charge in [-0.25, -0.2) is 0 Å². The number of halogens is 1. The van der Waals surface area contributed by atoms with E-state index in [1.54, 1.807) is 37.4 Å². The van der Waals surface area contributed by atoms with Crippen molar-refractivity contribution < 1.29 is 9.53 Å². The molecule has 0 aliphatic rings. The van der Waals surface area contributed by atoms with Gasteiger partial charge in [0.2, 0.25) is 5.91 Å². The third-order valence-electron chi connectivity index (χ3n) is 3.82. The number of methoxy groups -OCH3 is 1. The topological polar surface area (TPSA) is 73.2 Å². The second kappa shape index (κ2) is 9.57. The lowest BCUT2D eigenvalue weighted by Crippen LogP contribution is -2.25. The number of thioether (sulfide) groups is 1. The summed E-state index contributed by atoms with van der Waals surface area (Å²) < 4.78 is 7.40. The minimum atomic E-state index is -0.242. The molecule has 0 spiro atoms. The summed E-state index contributed by atoms with van der Waals surface area (Å²) in [5.41, 5.74) is 1.40. The summed E-state index contributed by atoms with van der Waals surface area (Å²) in [6.07, 6.45) is 0. The van der Waals surface area contributed by atoms with Crippen LogP contribution >= 0.6 is 27.7 Å². The minimum Gasteiger partial charge on any atom is -0.497 e. The van der Waals surface area contributed by atoms with Gasteiger partial charge in [0.1, 0.15) is 10.8 Å². The van der Waals surface area contributed by atoms with Crippen molar-refractivity contribution in [3.63, 3.8) is 0 Å². The van der Waals surface area contributed by atoms with Crippen LogP contribution in [0.1, 0.15) is 5.56 Å². The maximum atomic E-state index is 12.1. The predicted octanol–water partition coefficient (Wildman–Crippen LogP) is 3.41. The molecule has 144 valence electrons. The summed E-state index contributed by atoms with van der Waals surface area (Å²) in [7, 11) is 1.58. The molecular formula is C20H18BrN3O3S. The van der Waals surface area contributed by atoms with E-state index < -0.39 is 0 Å². The molecule has 0 unspecified atom stereocenters. The summed E-state index contributed by atoms with van der Waals surface area (Å²) >= 11 is 4.69. The van der Waals surface area contributed by atoms with Gasteiger partial charge in [-0.1, -0.05) is 39.8 Å². The monoisotopic (exact) mass is 459 g/mol. The number of amides is 1. The van der Waals surface area contributed by atoms with Gasteiger partial charge < -0.3 is 10.1 Å². The molecule has 2 aromatic carbocycles. The number of hydrogen-bond acceptors (Lipinski definition) is 5. The van der Waals surface area contributed by atoms with Crippen LogP contribution in [-0.2, 0) is 11.3 Å². The second-order valence-corrected chi connectivity index (χ2v) is 7.73. The predicted molar refractivity (Wildman–Crippen MR) is 113 cm³/mol. The highest BCUT2D eigenvalue weighted by molar-refractivity contribution is 9.10. The molecule has 0 bridgehead atoms. The number of nitrogens with zero attached hydrogens (tertiary/aromatic N) is 2. The zero-order valence-electron chi connectivity index (χ0n) is 15.1. The van der Waals surface area contributed by atoms with Crippen LogP contribution in [0.25, 0.3) is 5.69 Å². The van der Waals surface area contributed by atoms with E-state index in [-0.39, 0.29) is 17.2 Å². The number of hydrogen-bond donors (Lipinski definition) is 1. The number of benzene rings is 2. The number of aromatic nitrogens is 2. The third kappa shape index (κ3) is 5.46. The smallest absolute Gasteiger partial charge is 0.271 e. The highest BCUT2D eigenvalue weighted by Gasteiger charge is 2.08. The van der Waals surface area contributed by atoms with E-state index in [0.717, 1.165) is 10.0 Å². The van der Waals surface area contributed by atoms with Crippen molar-refractivity contribution >= 4 is 33.6 Å². The molecule has 3 rings (SSSR count). The van der Waals surface area contributed by atoms with Crippen molar-refractivity contribution in [2.45, 2.75) is 11.6 Å². The summed E-state index contributed by atoms with van der Waals surface area (Å²) in [5, 5.41) is 7.81. The van der Waals surface area contributed by atoms with Crippen LogP contribution in [0.2, 0.25) is 0 Å². The van der Waals surface area contributed by atoms with E-state index >= 15 is 0 Å². The average molecular weight is 460 g/mol. The van der Waals surface area contributed by atoms with Crippen molar-refractivity contribution in [1.29, 1.82) is 0 Å². The third-order valence-corrected chi connectivity index (χ3v) is 5.24. The summed E-state index contributed by atoms with van der Waals surface area (Å²) in [4.78, 5) is 24.2. The van der Waals surface area contributed by atoms with Gasteiger partial charge in [-0.15, -0.1) is 0 Å². The van der Waals surface area contributed by atoms with Crippen LogP contribution in [-0.4, -0.2) is 28.6 Å². The van der Waals surface area contributed by atoms with Crippen LogP contribution < -0.4 is 15.6 Å². The summed E-state index contributed by atoms with van der Waals surface area (Å²) in [6, 6.07) is 17.9. The lowest BCUT2D eigenvalue weighted by Gasteiger charge is -2.08. The Morgan fingerprint density at radius 2 is 1.96 bits per heavy atom. The molecular weight excluding hydrogens is 442 g/mol. The molecule has 1 amide bonds. The standard InChI is InChI=1S/C20H18BrN3O3S/c1-27-17-7-5-16(6-8-17)24-20(26)10-9-19(23-24)28-13-18(25)22-12-14-3-2-4-15(21)11-14/h2-11H,12-13H2,1H3,(H,22,25). The molecule has 3 aromatic rings. The largest absolute Gasteiger partial charge is 0.497 e. The number of carbonyl (C=O) groups excluding carboxylic acids is 1. The van der Waals surface area contributed by atoms with E-state index in [0.29, 0.717) is 23.0 Å². The van der Waals surface area contributed by atoms with Crippen molar-refractivity contribution in [1.82, 2.24) is 15.1 Å². The second-order valence-electron chi connectivity index (χ2n) is 5.81.